The quantitative estimate of drug-likeness (QED) is 0.686. The molecule has 0 bridgehead atoms. The first-order valence-electron chi connectivity index (χ1n) is 7.24. The third-order valence-electron chi connectivity index (χ3n) is 4.13. The lowest BCUT2D eigenvalue weighted by Gasteiger charge is -2.27. The summed E-state index contributed by atoms with van der Waals surface area (Å²) < 4.78 is 26.9. The first-order chi connectivity index (χ1) is 9.96. The Bertz CT molecular complexity index is 641. The van der Waals surface area contributed by atoms with Crippen LogP contribution in [0.1, 0.15) is 44.1 Å². The molecule has 5 nitrogen and oxygen atoms in total. The lowest BCUT2D eigenvalue weighted by atomic mass is 10.1. The van der Waals surface area contributed by atoms with Crippen LogP contribution in [0.15, 0.2) is 23.1 Å². The summed E-state index contributed by atoms with van der Waals surface area (Å²) in [5.74, 6) is 0. The molecule has 1 aliphatic rings. The van der Waals surface area contributed by atoms with Crippen molar-refractivity contribution in [3.05, 3.63) is 23.8 Å². The molecule has 2 N–H and O–H groups in total. The molecule has 0 unspecified atom stereocenters. The number of rotatable bonds is 3. The van der Waals surface area contributed by atoms with Crippen molar-refractivity contribution in [2.45, 2.75) is 49.5 Å². The minimum absolute atomic E-state index is 0.0348. The Labute approximate surface area is 126 Å². The Balaban J connectivity index is 2.30. The lowest BCUT2D eigenvalue weighted by molar-refractivity contribution is 0.336. The van der Waals surface area contributed by atoms with Crippen molar-refractivity contribution in [2.24, 2.45) is 0 Å². The molecule has 0 aliphatic heterocycles. The van der Waals surface area contributed by atoms with Gasteiger partial charge in [0, 0.05) is 13.1 Å². The highest BCUT2D eigenvalue weighted by atomic mass is 32.2. The molecule has 1 fully saturated rings. The number of nitrogens with two attached hydrogens (primary N) is 1. The van der Waals surface area contributed by atoms with Crippen LogP contribution in [0, 0.1) is 11.3 Å². The summed E-state index contributed by atoms with van der Waals surface area (Å²) in [6.07, 6.45) is 6.26. The summed E-state index contributed by atoms with van der Waals surface area (Å²) in [4.78, 5) is 0.0910. The molecule has 114 valence electrons. The first kappa shape index (κ1) is 15.8. The summed E-state index contributed by atoms with van der Waals surface area (Å²) in [6, 6.07) is 6.32. The number of nitriles is 1. The Morgan fingerprint density at radius 3 is 2.38 bits per heavy atom. The Morgan fingerprint density at radius 1 is 1.24 bits per heavy atom. The number of nitrogens with zero attached hydrogens (tertiary/aromatic N) is 2. The second-order valence-corrected chi connectivity index (χ2v) is 7.50. The van der Waals surface area contributed by atoms with Gasteiger partial charge in [0.15, 0.2) is 0 Å². The van der Waals surface area contributed by atoms with Crippen LogP contribution in [-0.2, 0) is 10.0 Å². The molecule has 2 rings (SSSR count). The maximum Gasteiger partial charge on any atom is 0.245 e. The molecule has 21 heavy (non-hydrogen) atoms. The molecule has 0 saturated heterocycles. The molecule has 0 heterocycles. The largest absolute Gasteiger partial charge is 0.398 e. The fourth-order valence-electron chi connectivity index (χ4n) is 2.83. The van der Waals surface area contributed by atoms with Gasteiger partial charge in [-0.05, 0) is 31.0 Å². The number of sulfonamides is 1. The Hall–Kier alpha value is -1.58. The van der Waals surface area contributed by atoms with Crippen molar-refractivity contribution < 1.29 is 8.42 Å². The van der Waals surface area contributed by atoms with Gasteiger partial charge in [-0.2, -0.15) is 9.57 Å². The minimum atomic E-state index is -3.61. The van der Waals surface area contributed by atoms with E-state index in [4.69, 9.17) is 11.0 Å². The molecule has 0 atom stereocenters. The van der Waals surface area contributed by atoms with E-state index in [1.54, 1.807) is 7.05 Å². The highest BCUT2D eigenvalue weighted by molar-refractivity contribution is 7.89. The van der Waals surface area contributed by atoms with Gasteiger partial charge in [-0.25, -0.2) is 8.42 Å². The predicted octanol–water partition coefficient (Wildman–Crippen LogP) is 2.48. The number of nitrogen functional groups attached to an aromatic ring is 1. The van der Waals surface area contributed by atoms with E-state index in [0.29, 0.717) is 5.56 Å². The van der Waals surface area contributed by atoms with Crippen LogP contribution in [0.3, 0.4) is 0 Å². The van der Waals surface area contributed by atoms with E-state index in [9.17, 15) is 8.42 Å². The van der Waals surface area contributed by atoms with Gasteiger partial charge in [0.25, 0.3) is 0 Å². The van der Waals surface area contributed by atoms with Crippen molar-refractivity contribution in [1.82, 2.24) is 4.31 Å². The van der Waals surface area contributed by atoms with Gasteiger partial charge in [0.1, 0.15) is 4.90 Å². The topological polar surface area (TPSA) is 87.2 Å². The van der Waals surface area contributed by atoms with Crippen molar-refractivity contribution in [2.75, 3.05) is 12.8 Å². The van der Waals surface area contributed by atoms with E-state index >= 15 is 0 Å². The highest BCUT2D eigenvalue weighted by Gasteiger charge is 2.29. The number of hydrogen-bond donors (Lipinski definition) is 1. The molecule has 1 saturated carbocycles. The van der Waals surface area contributed by atoms with E-state index in [1.807, 2.05) is 6.07 Å². The summed E-state index contributed by atoms with van der Waals surface area (Å²) in [6.45, 7) is 0. The zero-order valence-corrected chi connectivity index (χ0v) is 13.1. The molecule has 6 heteroatoms. The lowest BCUT2D eigenvalue weighted by Crippen LogP contribution is -2.37. The second kappa shape index (κ2) is 6.46. The summed E-state index contributed by atoms with van der Waals surface area (Å²) in [7, 11) is -1.98. The minimum Gasteiger partial charge on any atom is -0.398 e. The smallest absolute Gasteiger partial charge is 0.245 e. The maximum absolute atomic E-state index is 12.7. The van der Waals surface area contributed by atoms with Crippen LogP contribution < -0.4 is 5.73 Å². The van der Waals surface area contributed by atoms with Crippen molar-refractivity contribution in [1.29, 1.82) is 5.26 Å². The number of benzene rings is 1. The van der Waals surface area contributed by atoms with Gasteiger partial charge in [-0.1, -0.05) is 25.7 Å². The van der Waals surface area contributed by atoms with Crippen LogP contribution in [-0.4, -0.2) is 25.8 Å². The van der Waals surface area contributed by atoms with Gasteiger partial charge in [-0.3, -0.25) is 0 Å². The van der Waals surface area contributed by atoms with Crippen LogP contribution in [0.25, 0.3) is 0 Å². The fourth-order valence-corrected chi connectivity index (χ4v) is 4.34. The number of anilines is 1. The van der Waals surface area contributed by atoms with Gasteiger partial charge in [0.2, 0.25) is 10.0 Å². The third-order valence-corrected chi connectivity index (χ3v) is 6.12. The predicted molar refractivity (Wildman–Crippen MR) is 82.0 cm³/mol. The normalized spacial score (nSPS) is 17.4. The van der Waals surface area contributed by atoms with Crippen molar-refractivity contribution in [3.63, 3.8) is 0 Å². The maximum atomic E-state index is 12.7. The molecular formula is C15H21N3O2S. The van der Waals surface area contributed by atoms with E-state index < -0.39 is 10.0 Å². The molecular weight excluding hydrogens is 286 g/mol. The number of hydrogen-bond acceptors (Lipinski definition) is 4. The second-order valence-electron chi connectivity index (χ2n) is 5.53. The molecule has 0 aromatic heterocycles. The van der Waals surface area contributed by atoms with E-state index in [1.165, 1.54) is 35.3 Å². The molecule has 1 aromatic carbocycles. The average molecular weight is 307 g/mol. The third kappa shape index (κ3) is 3.36. The van der Waals surface area contributed by atoms with Crippen molar-refractivity contribution >= 4 is 15.7 Å². The van der Waals surface area contributed by atoms with E-state index in [2.05, 4.69) is 0 Å². The molecule has 1 aromatic rings. The van der Waals surface area contributed by atoms with Gasteiger partial charge < -0.3 is 5.73 Å². The monoisotopic (exact) mass is 307 g/mol. The van der Waals surface area contributed by atoms with Crippen LogP contribution in [0.2, 0.25) is 0 Å². The first-order valence-corrected chi connectivity index (χ1v) is 8.68. The Kier molecular flexibility index (Phi) is 4.86. The zero-order chi connectivity index (χ0) is 15.5. The van der Waals surface area contributed by atoms with Crippen LogP contribution >= 0.6 is 0 Å². The molecule has 0 spiro atoms. The van der Waals surface area contributed by atoms with Crippen LogP contribution in [0.5, 0.6) is 0 Å². The molecule has 0 radical (unpaired) electrons. The fraction of sp³-hybridized carbons (Fsp3) is 0.533. The summed E-state index contributed by atoms with van der Waals surface area (Å²) >= 11 is 0. The summed E-state index contributed by atoms with van der Waals surface area (Å²) in [5, 5.41) is 8.83. The summed E-state index contributed by atoms with van der Waals surface area (Å²) in [5.41, 5.74) is 6.32. The van der Waals surface area contributed by atoms with Gasteiger partial charge in [0.05, 0.1) is 17.3 Å². The van der Waals surface area contributed by atoms with E-state index in [-0.39, 0.29) is 16.6 Å². The van der Waals surface area contributed by atoms with Gasteiger partial charge in [-0.15, -0.1) is 0 Å². The average Bonchev–Trinajstić information content (AvgIpc) is 2.74. The van der Waals surface area contributed by atoms with Crippen LogP contribution in [0.4, 0.5) is 5.69 Å². The molecule has 0 amide bonds. The highest BCUT2D eigenvalue weighted by Crippen LogP contribution is 2.28. The Morgan fingerprint density at radius 2 is 1.86 bits per heavy atom. The van der Waals surface area contributed by atoms with Crippen molar-refractivity contribution in [3.8, 4) is 6.07 Å². The molecule has 1 aliphatic carbocycles. The van der Waals surface area contributed by atoms with E-state index in [0.717, 1.165) is 25.7 Å². The standard InChI is InChI=1S/C15H21N3O2S/c1-18(13-6-4-2-3-5-7-13)21(19,20)15-9-8-12(11-16)10-14(15)17/h8-10,13H,2-7,17H2,1H3. The van der Waals surface area contributed by atoms with Gasteiger partial charge >= 0.3 is 0 Å². The SMILES string of the molecule is CN(C1CCCCCC1)S(=O)(=O)c1ccc(C#N)cc1N. The zero-order valence-electron chi connectivity index (χ0n) is 12.2.